The molecule has 0 saturated carbocycles. The van der Waals surface area contributed by atoms with Crippen LogP contribution in [0.15, 0.2) is 12.1 Å². The number of hydrogen-bond acceptors (Lipinski definition) is 4. The molecule has 0 spiro atoms. The van der Waals surface area contributed by atoms with Gasteiger partial charge in [0.25, 0.3) is 0 Å². The van der Waals surface area contributed by atoms with Gasteiger partial charge in [-0.3, -0.25) is 4.90 Å². The van der Waals surface area contributed by atoms with E-state index in [9.17, 15) is 0 Å². The lowest BCUT2D eigenvalue weighted by Gasteiger charge is -2.29. The third-order valence-corrected chi connectivity index (χ3v) is 4.36. The van der Waals surface area contributed by atoms with Gasteiger partial charge >= 0.3 is 0 Å². The largest absolute Gasteiger partial charge is 0.383 e. The van der Waals surface area contributed by atoms with Gasteiger partial charge in [-0.2, -0.15) is 0 Å². The van der Waals surface area contributed by atoms with E-state index in [0.29, 0.717) is 12.6 Å². The zero-order valence-corrected chi connectivity index (χ0v) is 13.6. The topological polar surface area (TPSA) is 38.5 Å². The molecule has 1 rings (SSSR count). The highest BCUT2D eigenvalue weighted by molar-refractivity contribution is 7.12. The normalized spacial score (nSPS) is 10.9. The molecule has 0 radical (unpaired) electrons. The first kappa shape index (κ1) is 17.2. The van der Waals surface area contributed by atoms with Crippen molar-refractivity contribution in [3.05, 3.63) is 21.9 Å². The van der Waals surface area contributed by atoms with Gasteiger partial charge < -0.3 is 10.5 Å². The number of nitrogens with two attached hydrogens (primary N) is 1. The molecule has 0 aliphatic carbocycles. The van der Waals surface area contributed by atoms with E-state index >= 15 is 0 Å². The minimum Gasteiger partial charge on any atom is -0.383 e. The first-order valence-electron chi connectivity index (χ1n) is 7.25. The van der Waals surface area contributed by atoms with E-state index in [-0.39, 0.29) is 0 Å². The molecule has 0 fully saturated rings. The molecule has 1 aromatic heterocycles. The summed E-state index contributed by atoms with van der Waals surface area (Å²) in [6, 6.07) is 4.88. The van der Waals surface area contributed by atoms with E-state index in [1.165, 1.54) is 17.7 Å². The van der Waals surface area contributed by atoms with Gasteiger partial charge in [-0.15, -0.1) is 11.3 Å². The van der Waals surface area contributed by atoms with E-state index < -0.39 is 0 Å². The molecule has 0 saturated heterocycles. The van der Waals surface area contributed by atoms with Crippen LogP contribution in [0.2, 0.25) is 0 Å². The van der Waals surface area contributed by atoms with Crippen molar-refractivity contribution in [3.8, 4) is 11.8 Å². The number of ether oxygens (including phenoxy) is 1. The maximum Gasteiger partial charge on any atom is 0.0772 e. The van der Waals surface area contributed by atoms with E-state index in [0.717, 1.165) is 24.6 Å². The van der Waals surface area contributed by atoms with Crippen molar-refractivity contribution < 1.29 is 4.74 Å². The zero-order valence-electron chi connectivity index (χ0n) is 12.8. The SMILES string of the molecule is CCC(CC)N(CCOC)Cc1ccc(C#CCN)s1. The summed E-state index contributed by atoms with van der Waals surface area (Å²) < 4.78 is 5.23. The van der Waals surface area contributed by atoms with Crippen LogP contribution in [-0.4, -0.2) is 37.7 Å². The molecular formula is C16H26N2OS. The van der Waals surface area contributed by atoms with Gasteiger partial charge in [0.1, 0.15) is 0 Å². The monoisotopic (exact) mass is 294 g/mol. The Morgan fingerprint density at radius 1 is 1.35 bits per heavy atom. The van der Waals surface area contributed by atoms with Gasteiger partial charge in [-0.25, -0.2) is 0 Å². The van der Waals surface area contributed by atoms with Crippen LogP contribution >= 0.6 is 11.3 Å². The minimum absolute atomic E-state index is 0.418. The summed E-state index contributed by atoms with van der Waals surface area (Å²) >= 11 is 1.76. The van der Waals surface area contributed by atoms with Crippen molar-refractivity contribution >= 4 is 11.3 Å². The minimum atomic E-state index is 0.418. The molecule has 0 aliphatic rings. The lowest BCUT2D eigenvalue weighted by Crippen LogP contribution is -2.36. The summed E-state index contributed by atoms with van der Waals surface area (Å²) in [6.45, 7) is 7.65. The third-order valence-electron chi connectivity index (χ3n) is 3.38. The first-order valence-corrected chi connectivity index (χ1v) is 8.07. The Kier molecular flexibility index (Phi) is 8.56. The van der Waals surface area contributed by atoms with Crippen molar-refractivity contribution in [2.45, 2.75) is 39.3 Å². The Morgan fingerprint density at radius 2 is 2.10 bits per heavy atom. The van der Waals surface area contributed by atoms with Gasteiger partial charge in [0, 0.05) is 31.1 Å². The lowest BCUT2D eigenvalue weighted by atomic mass is 10.1. The lowest BCUT2D eigenvalue weighted by molar-refractivity contribution is 0.111. The van der Waals surface area contributed by atoms with Crippen LogP contribution in [0.5, 0.6) is 0 Å². The fourth-order valence-corrected chi connectivity index (χ4v) is 3.18. The average molecular weight is 294 g/mol. The predicted molar refractivity (Wildman–Crippen MR) is 86.9 cm³/mol. The Morgan fingerprint density at radius 3 is 2.70 bits per heavy atom. The van der Waals surface area contributed by atoms with Gasteiger partial charge in [0.2, 0.25) is 0 Å². The van der Waals surface area contributed by atoms with Crippen molar-refractivity contribution in [2.75, 3.05) is 26.8 Å². The Hall–Kier alpha value is -0.860. The van der Waals surface area contributed by atoms with E-state index in [1.807, 2.05) is 0 Å². The Balaban J connectivity index is 2.70. The highest BCUT2D eigenvalue weighted by Crippen LogP contribution is 2.20. The molecule has 0 atom stereocenters. The molecule has 2 N–H and O–H groups in total. The number of nitrogens with zero attached hydrogens (tertiary/aromatic N) is 1. The molecule has 112 valence electrons. The summed E-state index contributed by atoms with van der Waals surface area (Å²) in [7, 11) is 1.76. The van der Waals surface area contributed by atoms with Crippen LogP contribution in [-0.2, 0) is 11.3 Å². The molecule has 1 aromatic rings. The summed E-state index contributed by atoms with van der Waals surface area (Å²) in [5, 5.41) is 0. The molecule has 0 aromatic carbocycles. The zero-order chi connectivity index (χ0) is 14.8. The predicted octanol–water partition coefficient (Wildman–Crippen LogP) is 2.70. The summed E-state index contributed by atoms with van der Waals surface area (Å²) in [5.74, 6) is 6.00. The van der Waals surface area contributed by atoms with E-state index in [1.54, 1.807) is 18.4 Å². The number of thiophene rings is 1. The first-order chi connectivity index (χ1) is 9.74. The quantitative estimate of drug-likeness (QED) is 0.749. The fourth-order valence-electron chi connectivity index (χ4n) is 2.27. The van der Waals surface area contributed by atoms with Gasteiger partial charge in [-0.1, -0.05) is 25.7 Å². The molecule has 0 amide bonds. The van der Waals surface area contributed by atoms with Gasteiger partial charge in [-0.05, 0) is 25.0 Å². The maximum atomic E-state index is 5.40. The molecule has 20 heavy (non-hydrogen) atoms. The second-order valence-electron chi connectivity index (χ2n) is 4.71. The Labute approximate surface area is 127 Å². The van der Waals surface area contributed by atoms with E-state index in [4.69, 9.17) is 10.5 Å². The Bertz CT molecular complexity index is 429. The van der Waals surface area contributed by atoms with Crippen LogP contribution in [0, 0.1) is 11.8 Å². The number of hydrogen-bond donors (Lipinski definition) is 1. The van der Waals surface area contributed by atoms with Crippen molar-refractivity contribution in [1.29, 1.82) is 0 Å². The van der Waals surface area contributed by atoms with Crippen LogP contribution in [0.25, 0.3) is 0 Å². The van der Waals surface area contributed by atoms with Crippen LogP contribution in [0.1, 0.15) is 36.4 Å². The molecular weight excluding hydrogens is 268 g/mol. The van der Waals surface area contributed by atoms with Gasteiger partial charge in [0.05, 0.1) is 18.0 Å². The van der Waals surface area contributed by atoms with E-state index in [2.05, 4.69) is 42.7 Å². The maximum absolute atomic E-state index is 5.40. The molecule has 0 aliphatic heterocycles. The molecule has 4 heteroatoms. The number of methoxy groups -OCH3 is 1. The molecule has 3 nitrogen and oxygen atoms in total. The highest BCUT2D eigenvalue weighted by atomic mass is 32.1. The second-order valence-corrected chi connectivity index (χ2v) is 5.87. The van der Waals surface area contributed by atoms with Crippen LogP contribution in [0.4, 0.5) is 0 Å². The molecule has 1 heterocycles. The smallest absolute Gasteiger partial charge is 0.0772 e. The summed E-state index contributed by atoms with van der Waals surface area (Å²) in [4.78, 5) is 4.96. The molecule has 0 bridgehead atoms. The fraction of sp³-hybridized carbons (Fsp3) is 0.625. The van der Waals surface area contributed by atoms with Crippen molar-refractivity contribution in [3.63, 3.8) is 0 Å². The van der Waals surface area contributed by atoms with Crippen LogP contribution in [0.3, 0.4) is 0 Å². The van der Waals surface area contributed by atoms with Gasteiger partial charge in [0.15, 0.2) is 0 Å². The second kappa shape index (κ2) is 9.95. The summed E-state index contributed by atoms with van der Waals surface area (Å²) in [6.07, 6.45) is 2.34. The standard InChI is InChI=1S/C16H26N2OS/c1-4-14(5-2)18(11-12-19-3)13-16-9-8-15(20-16)7-6-10-17/h8-9,14H,4-5,10-13,17H2,1-3H3. The molecule has 0 unspecified atom stereocenters. The van der Waals surface area contributed by atoms with Crippen molar-refractivity contribution in [2.24, 2.45) is 5.73 Å². The number of rotatable bonds is 8. The average Bonchev–Trinajstić information content (AvgIpc) is 2.91. The summed E-state index contributed by atoms with van der Waals surface area (Å²) in [5.41, 5.74) is 5.40. The third kappa shape index (κ3) is 5.64. The van der Waals surface area contributed by atoms with Crippen LogP contribution < -0.4 is 5.73 Å². The van der Waals surface area contributed by atoms with Crippen molar-refractivity contribution in [1.82, 2.24) is 4.90 Å². The highest BCUT2D eigenvalue weighted by Gasteiger charge is 2.15.